The van der Waals surface area contributed by atoms with Gasteiger partial charge in [-0.05, 0) is 62.4 Å². The maximum Gasteiger partial charge on any atom is 0.342 e. The van der Waals surface area contributed by atoms with E-state index in [0.717, 1.165) is 52.2 Å². The maximum atomic E-state index is 12.8. The molecule has 32 heavy (non-hydrogen) atoms. The Morgan fingerprint density at radius 2 is 1.97 bits per heavy atom. The molecule has 0 atom stereocenters. The van der Waals surface area contributed by atoms with Gasteiger partial charge in [0.25, 0.3) is 0 Å². The molecule has 0 aliphatic heterocycles. The van der Waals surface area contributed by atoms with E-state index in [1.165, 1.54) is 10.3 Å². The van der Waals surface area contributed by atoms with Crippen molar-refractivity contribution in [2.24, 2.45) is 0 Å². The fourth-order valence-electron chi connectivity index (χ4n) is 3.86. The number of rotatable bonds is 4. The fraction of sp³-hybridized carbons (Fsp3) is 0.231. The molecule has 1 aliphatic rings. The Morgan fingerprint density at radius 3 is 2.78 bits per heavy atom. The lowest BCUT2D eigenvalue weighted by Gasteiger charge is -2.11. The molecular weight excluding hydrogens is 398 g/mol. The normalized spacial score (nSPS) is 17.0. The second-order valence-electron chi connectivity index (χ2n) is 7.95. The van der Waals surface area contributed by atoms with Crippen LogP contribution in [0.15, 0.2) is 67.2 Å². The Kier molecular flexibility index (Phi) is 6.40. The molecule has 3 aromatic heterocycles. The van der Waals surface area contributed by atoms with E-state index in [1.807, 2.05) is 45.1 Å². The van der Waals surface area contributed by atoms with E-state index in [2.05, 4.69) is 44.7 Å². The van der Waals surface area contributed by atoms with Gasteiger partial charge in [0.05, 0.1) is 17.6 Å². The van der Waals surface area contributed by atoms with Gasteiger partial charge in [0.1, 0.15) is 0 Å². The van der Waals surface area contributed by atoms with Crippen molar-refractivity contribution in [3.63, 3.8) is 0 Å². The van der Waals surface area contributed by atoms with Crippen LogP contribution in [0, 0.1) is 20.8 Å². The summed E-state index contributed by atoms with van der Waals surface area (Å²) >= 11 is 0. The minimum atomic E-state index is -0.248. The number of carbonyl (C=O) groups is 1. The SMILES string of the molecule is Cc1cc(-c2ncc(CNC(=O)n3ncc(/C4=C/C=C\C=C/CC4)c3C)cc2C)ccn1. The van der Waals surface area contributed by atoms with Crippen molar-refractivity contribution in [1.29, 1.82) is 0 Å². The highest BCUT2D eigenvalue weighted by atomic mass is 16.2. The summed E-state index contributed by atoms with van der Waals surface area (Å²) in [6.07, 6.45) is 17.6. The second kappa shape index (κ2) is 9.56. The zero-order valence-corrected chi connectivity index (χ0v) is 18.7. The van der Waals surface area contributed by atoms with Crippen molar-refractivity contribution in [3.8, 4) is 11.3 Å². The predicted molar refractivity (Wildman–Crippen MR) is 127 cm³/mol. The summed E-state index contributed by atoms with van der Waals surface area (Å²) in [5, 5.41) is 7.29. The highest BCUT2D eigenvalue weighted by molar-refractivity contribution is 5.79. The molecule has 6 heteroatoms. The molecule has 4 rings (SSSR count). The third kappa shape index (κ3) is 4.75. The van der Waals surface area contributed by atoms with E-state index in [-0.39, 0.29) is 6.03 Å². The lowest BCUT2D eigenvalue weighted by atomic mass is 10.00. The standard InChI is InChI=1S/C26H27N5O/c1-18-13-21(15-28-25(18)23-11-12-27-19(2)14-23)16-29-26(32)31-20(3)24(17-30-31)22-9-7-5-4-6-8-10-22/h4-7,9,11-15,17H,8,10,16H2,1-3H3,(H,29,32)/b6-4-,7-5-,22-9+. The van der Waals surface area contributed by atoms with Crippen LogP contribution in [0.4, 0.5) is 4.79 Å². The molecule has 0 aromatic carbocycles. The number of aryl methyl sites for hydroxylation is 2. The first-order valence-electron chi connectivity index (χ1n) is 10.8. The molecule has 1 N–H and O–H groups in total. The Morgan fingerprint density at radius 1 is 1.09 bits per heavy atom. The van der Waals surface area contributed by atoms with Crippen LogP contribution in [0.3, 0.4) is 0 Å². The molecule has 0 saturated carbocycles. The first-order chi connectivity index (χ1) is 15.5. The van der Waals surface area contributed by atoms with Crippen molar-refractivity contribution in [3.05, 3.63) is 95.2 Å². The topological polar surface area (TPSA) is 72.7 Å². The summed E-state index contributed by atoms with van der Waals surface area (Å²) < 4.78 is 1.43. The highest BCUT2D eigenvalue weighted by Gasteiger charge is 2.15. The Hall–Kier alpha value is -3.80. The van der Waals surface area contributed by atoms with Crippen LogP contribution in [0.5, 0.6) is 0 Å². The summed E-state index contributed by atoms with van der Waals surface area (Å²) in [7, 11) is 0. The molecule has 3 aromatic rings. The molecule has 0 radical (unpaired) electrons. The number of hydrogen-bond donors (Lipinski definition) is 1. The Bertz CT molecular complexity index is 1230. The minimum Gasteiger partial charge on any atom is -0.332 e. The average molecular weight is 426 g/mol. The number of hydrogen-bond acceptors (Lipinski definition) is 4. The van der Waals surface area contributed by atoms with Crippen LogP contribution in [-0.4, -0.2) is 25.8 Å². The summed E-state index contributed by atoms with van der Waals surface area (Å²) in [6, 6.07) is 5.78. The molecule has 6 nitrogen and oxygen atoms in total. The van der Waals surface area contributed by atoms with Crippen LogP contribution < -0.4 is 5.32 Å². The maximum absolute atomic E-state index is 12.8. The largest absolute Gasteiger partial charge is 0.342 e. The number of allylic oxidation sites excluding steroid dienone is 6. The molecule has 0 fully saturated rings. The first kappa shape index (κ1) is 21.4. The lowest BCUT2D eigenvalue weighted by Crippen LogP contribution is -2.29. The van der Waals surface area contributed by atoms with Gasteiger partial charge in [-0.2, -0.15) is 9.78 Å². The zero-order valence-electron chi connectivity index (χ0n) is 18.7. The third-order valence-electron chi connectivity index (χ3n) is 5.53. The fourth-order valence-corrected chi connectivity index (χ4v) is 3.86. The molecule has 0 spiro atoms. The number of nitrogens with one attached hydrogen (secondary N) is 1. The van der Waals surface area contributed by atoms with Gasteiger partial charge in [-0.15, -0.1) is 0 Å². The lowest BCUT2D eigenvalue weighted by molar-refractivity contribution is 0.238. The molecule has 0 bridgehead atoms. The molecule has 0 saturated heterocycles. The van der Waals surface area contributed by atoms with Crippen molar-refractivity contribution in [1.82, 2.24) is 25.1 Å². The van der Waals surface area contributed by atoms with Crippen molar-refractivity contribution >= 4 is 11.6 Å². The van der Waals surface area contributed by atoms with Gasteiger partial charge in [-0.1, -0.05) is 36.4 Å². The van der Waals surface area contributed by atoms with Crippen LogP contribution >= 0.6 is 0 Å². The molecule has 162 valence electrons. The second-order valence-corrected chi connectivity index (χ2v) is 7.95. The van der Waals surface area contributed by atoms with Gasteiger partial charge in [-0.3, -0.25) is 9.97 Å². The average Bonchev–Trinajstić information content (AvgIpc) is 3.13. The van der Waals surface area contributed by atoms with E-state index < -0.39 is 0 Å². The zero-order chi connectivity index (χ0) is 22.5. The minimum absolute atomic E-state index is 0.248. The van der Waals surface area contributed by atoms with Crippen LogP contribution in [0.1, 0.15) is 40.9 Å². The third-order valence-corrected chi connectivity index (χ3v) is 5.53. The molecule has 1 aliphatic carbocycles. The first-order valence-corrected chi connectivity index (χ1v) is 10.8. The van der Waals surface area contributed by atoms with E-state index >= 15 is 0 Å². The van der Waals surface area contributed by atoms with E-state index in [9.17, 15) is 4.79 Å². The van der Waals surface area contributed by atoms with Gasteiger partial charge in [0.15, 0.2) is 0 Å². The predicted octanol–water partition coefficient (Wildman–Crippen LogP) is 5.31. The molecular formula is C26H27N5O. The van der Waals surface area contributed by atoms with Crippen molar-refractivity contribution in [2.75, 3.05) is 0 Å². The summed E-state index contributed by atoms with van der Waals surface area (Å²) in [5.74, 6) is 0. The van der Waals surface area contributed by atoms with Gasteiger partial charge in [0, 0.05) is 35.8 Å². The number of nitrogens with zero attached hydrogens (tertiary/aromatic N) is 4. The smallest absolute Gasteiger partial charge is 0.332 e. The number of amides is 1. The van der Waals surface area contributed by atoms with Gasteiger partial charge in [0.2, 0.25) is 0 Å². The number of carbonyl (C=O) groups excluding carboxylic acids is 1. The highest BCUT2D eigenvalue weighted by Crippen LogP contribution is 2.25. The summed E-state index contributed by atoms with van der Waals surface area (Å²) in [6.45, 7) is 6.30. The van der Waals surface area contributed by atoms with Crippen LogP contribution in [0.2, 0.25) is 0 Å². The van der Waals surface area contributed by atoms with Crippen LogP contribution in [-0.2, 0) is 6.54 Å². The van der Waals surface area contributed by atoms with Gasteiger partial charge < -0.3 is 5.32 Å². The monoisotopic (exact) mass is 425 g/mol. The Balaban J connectivity index is 1.45. The van der Waals surface area contributed by atoms with E-state index in [0.29, 0.717) is 6.54 Å². The van der Waals surface area contributed by atoms with Gasteiger partial charge in [-0.25, -0.2) is 4.79 Å². The Labute approximate surface area is 188 Å². The van der Waals surface area contributed by atoms with Gasteiger partial charge >= 0.3 is 6.03 Å². The van der Waals surface area contributed by atoms with E-state index in [1.54, 1.807) is 18.6 Å². The van der Waals surface area contributed by atoms with Crippen LogP contribution in [0.25, 0.3) is 16.8 Å². The summed E-state index contributed by atoms with van der Waals surface area (Å²) in [5.41, 5.74) is 7.95. The summed E-state index contributed by atoms with van der Waals surface area (Å²) in [4.78, 5) is 21.6. The number of aromatic nitrogens is 4. The van der Waals surface area contributed by atoms with Crippen molar-refractivity contribution in [2.45, 2.75) is 40.2 Å². The molecule has 0 unspecified atom stereocenters. The molecule has 3 heterocycles. The van der Waals surface area contributed by atoms with E-state index in [4.69, 9.17) is 0 Å². The number of pyridine rings is 2. The van der Waals surface area contributed by atoms with Crippen molar-refractivity contribution < 1.29 is 4.79 Å². The molecule has 1 amide bonds. The quantitative estimate of drug-likeness (QED) is 0.615.